The number of hydrogen-bond acceptors (Lipinski definition) is 4. The zero-order chi connectivity index (χ0) is 16.7. The van der Waals surface area contributed by atoms with E-state index in [-0.39, 0.29) is 6.10 Å². The Kier molecular flexibility index (Phi) is 14.7. The monoisotopic (exact) mass is 333 g/mol. The van der Waals surface area contributed by atoms with Crippen molar-refractivity contribution >= 4 is 8.80 Å². The molecule has 0 spiro atoms. The van der Waals surface area contributed by atoms with Gasteiger partial charge < -0.3 is 18.6 Å². The van der Waals surface area contributed by atoms with E-state index in [4.69, 9.17) is 13.3 Å². The first-order valence-corrected chi connectivity index (χ1v) is 11.2. The lowest BCUT2D eigenvalue weighted by molar-refractivity contribution is 0.0345. The van der Waals surface area contributed by atoms with Crippen molar-refractivity contribution in [1.82, 2.24) is 5.32 Å². The Hall–Kier alpha value is 0.0569. The molecule has 0 saturated heterocycles. The van der Waals surface area contributed by atoms with Crippen molar-refractivity contribution in [3.8, 4) is 0 Å². The molecule has 0 rings (SSSR count). The lowest BCUT2D eigenvalue weighted by Gasteiger charge is -2.32. The van der Waals surface area contributed by atoms with E-state index in [1.807, 2.05) is 13.8 Å². The number of hydrogen-bond donors (Lipinski definition) is 1. The summed E-state index contributed by atoms with van der Waals surface area (Å²) in [7, 11) is -2.52. The summed E-state index contributed by atoms with van der Waals surface area (Å²) >= 11 is 0. The molecule has 0 amide bonds. The molecule has 1 unspecified atom stereocenters. The van der Waals surface area contributed by atoms with E-state index >= 15 is 0 Å². The van der Waals surface area contributed by atoms with Gasteiger partial charge in [0.2, 0.25) is 0 Å². The van der Waals surface area contributed by atoms with E-state index in [2.05, 4.69) is 26.1 Å². The van der Waals surface area contributed by atoms with E-state index in [0.29, 0.717) is 13.2 Å². The number of unbranched alkanes of at least 4 members (excludes halogenated alkanes) is 2. The number of rotatable bonds is 16. The zero-order valence-electron chi connectivity index (χ0n) is 15.6. The van der Waals surface area contributed by atoms with Gasteiger partial charge in [-0.3, -0.25) is 0 Å². The lowest BCUT2D eigenvalue weighted by Crippen LogP contribution is -2.48. The third kappa shape index (κ3) is 10.7. The average Bonchev–Trinajstić information content (AvgIpc) is 2.49. The van der Waals surface area contributed by atoms with Crippen LogP contribution in [-0.2, 0) is 13.3 Å². The second-order valence-corrected chi connectivity index (χ2v) is 8.51. The molecule has 134 valence electrons. The van der Waals surface area contributed by atoms with Gasteiger partial charge in [-0.25, -0.2) is 0 Å². The Labute approximate surface area is 139 Å². The first kappa shape index (κ1) is 22.1. The summed E-state index contributed by atoms with van der Waals surface area (Å²) in [6.07, 6.45) is 7.23. The van der Waals surface area contributed by atoms with Gasteiger partial charge in [-0.15, -0.1) is 0 Å². The van der Waals surface area contributed by atoms with Gasteiger partial charge in [-0.1, -0.05) is 33.1 Å². The summed E-state index contributed by atoms with van der Waals surface area (Å²) in [6, 6.07) is 0.907. The van der Waals surface area contributed by atoms with E-state index in [0.717, 1.165) is 32.0 Å². The van der Waals surface area contributed by atoms with Gasteiger partial charge in [-0.2, -0.15) is 0 Å². The van der Waals surface area contributed by atoms with Gasteiger partial charge in [0.1, 0.15) is 0 Å². The SMILES string of the molecule is CCCCNCCC[Si](OCC)(OCC)OC(C)CCCC. The molecule has 0 aliphatic heterocycles. The molecule has 0 heterocycles. The van der Waals surface area contributed by atoms with Gasteiger partial charge in [0.15, 0.2) is 0 Å². The molecule has 22 heavy (non-hydrogen) atoms. The van der Waals surface area contributed by atoms with Crippen LogP contribution in [0.1, 0.15) is 73.1 Å². The molecule has 0 aliphatic rings. The van der Waals surface area contributed by atoms with Crippen molar-refractivity contribution in [2.45, 2.75) is 85.3 Å². The van der Waals surface area contributed by atoms with Crippen molar-refractivity contribution < 1.29 is 13.3 Å². The van der Waals surface area contributed by atoms with Crippen molar-refractivity contribution in [3.63, 3.8) is 0 Å². The third-order valence-electron chi connectivity index (χ3n) is 3.62. The van der Waals surface area contributed by atoms with Gasteiger partial charge in [0.25, 0.3) is 0 Å². The quantitative estimate of drug-likeness (QED) is 0.336. The highest BCUT2D eigenvalue weighted by Gasteiger charge is 2.41. The third-order valence-corrected chi connectivity index (χ3v) is 6.80. The molecule has 5 heteroatoms. The standard InChI is InChI=1S/C17H39NO3Si/c1-6-10-13-17(5)21-22(19-8-3,20-9-4)16-12-15-18-14-11-7-2/h17-18H,6-16H2,1-5H3. The van der Waals surface area contributed by atoms with Crippen LogP contribution in [0.2, 0.25) is 6.04 Å². The Morgan fingerprint density at radius 1 is 0.864 bits per heavy atom. The molecule has 0 aliphatic carbocycles. The second-order valence-electron chi connectivity index (χ2n) is 5.83. The Morgan fingerprint density at radius 2 is 1.45 bits per heavy atom. The van der Waals surface area contributed by atoms with Crippen LogP contribution in [0.4, 0.5) is 0 Å². The van der Waals surface area contributed by atoms with Gasteiger partial charge in [0, 0.05) is 25.4 Å². The predicted octanol–water partition coefficient (Wildman–Crippen LogP) is 4.37. The molecule has 0 saturated carbocycles. The van der Waals surface area contributed by atoms with Crippen LogP contribution in [0.3, 0.4) is 0 Å². The molecule has 0 fully saturated rings. The van der Waals surface area contributed by atoms with E-state index in [1.165, 1.54) is 25.7 Å². The minimum atomic E-state index is -2.52. The summed E-state index contributed by atoms with van der Waals surface area (Å²) in [6.45, 7) is 14.1. The van der Waals surface area contributed by atoms with Crippen LogP contribution >= 0.6 is 0 Å². The van der Waals surface area contributed by atoms with Crippen molar-refractivity contribution in [1.29, 1.82) is 0 Å². The van der Waals surface area contributed by atoms with Crippen molar-refractivity contribution in [2.75, 3.05) is 26.3 Å². The minimum absolute atomic E-state index is 0.220. The molecule has 0 radical (unpaired) electrons. The summed E-state index contributed by atoms with van der Waals surface area (Å²) < 4.78 is 18.3. The van der Waals surface area contributed by atoms with E-state index in [1.54, 1.807) is 0 Å². The van der Waals surface area contributed by atoms with Crippen LogP contribution in [0.5, 0.6) is 0 Å². The molecule has 0 aromatic carbocycles. The maximum atomic E-state index is 6.32. The summed E-state index contributed by atoms with van der Waals surface area (Å²) in [5, 5.41) is 3.49. The zero-order valence-corrected chi connectivity index (χ0v) is 16.6. The fourth-order valence-corrected chi connectivity index (χ4v) is 5.31. The van der Waals surface area contributed by atoms with Crippen LogP contribution in [-0.4, -0.2) is 41.2 Å². The minimum Gasteiger partial charge on any atom is -0.374 e. The van der Waals surface area contributed by atoms with Gasteiger partial charge in [0.05, 0.1) is 0 Å². The van der Waals surface area contributed by atoms with Crippen LogP contribution in [0, 0.1) is 0 Å². The molecule has 4 nitrogen and oxygen atoms in total. The number of nitrogens with one attached hydrogen (secondary N) is 1. The Balaban J connectivity index is 4.36. The van der Waals surface area contributed by atoms with Crippen LogP contribution < -0.4 is 5.32 Å². The molecular formula is C17H39NO3Si. The smallest absolute Gasteiger partial charge is 0.374 e. The predicted molar refractivity (Wildman–Crippen MR) is 96.3 cm³/mol. The summed E-state index contributed by atoms with van der Waals surface area (Å²) in [4.78, 5) is 0. The van der Waals surface area contributed by atoms with Gasteiger partial charge >= 0.3 is 8.80 Å². The molecule has 1 N–H and O–H groups in total. The Morgan fingerprint density at radius 3 is 2.00 bits per heavy atom. The highest BCUT2D eigenvalue weighted by Crippen LogP contribution is 2.21. The molecule has 0 aromatic heterocycles. The summed E-state index contributed by atoms with van der Waals surface area (Å²) in [5.74, 6) is 0. The van der Waals surface area contributed by atoms with E-state index in [9.17, 15) is 0 Å². The first-order valence-electron chi connectivity index (χ1n) is 9.30. The van der Waals surface area contributed by atoms with Crippen molar-refractivity contribution in [2.24, 2.45) is 0 Å². The Bertz CT molecular complexity index is 236. The topological polar surface area (TPSA) is 39.7 Å². The lowest BCUT2D eigenvalue weighted by atomic mass is 10.2. The largest absolute Gasteiger partial charge is 0.501 e. The molecule has 0 aromatic rings. The molecule has 1 atom stereocenters. The first-order chi connectivity index (χ1) is 10.6. The molecule has 0 bridgehead atoms. The van der Waals surface area contributed by atoms with Gasteiger partial charge in [-0.05, 0) is 53.1 Å². The second kappa shape index (κ2) is 14.6. The fraction of sp³-hybridized carbons (Fsp3) is 1.00. The van der Waals surface area contributed by atoms with E-state index < -0.39 is 8.80 Å². The average molecular weight is 334 g/mol. The summed E-state index contributed by atoms with van der Waals surface area (Å²) in [5.41, 5.74) is 0. The normalized spacial score (nSPS) is 13.5. The maximum absolute atomic E-state index is 6.32. The van der Waals surface area contributed by atoms with Crippen molar-refractivity contribution in [3.05, 3.63) is 0 Å². The van der Waals surface area contributed by atoms with Crippen LogP contribution in [0.15, 0.2) is 0 Å². The fourth-order valence-electron chi connectivity index (χ4n) is 2.47. The maximum Gasteiger partial charge on any atom is 0.501 e. The van der Waals surface area contributed by atoms with Crippen LogP contribution in [0.25, 0.3) is 0 Å². The highest BCUT2D eigenvalue weighted by atomic mass is 28.4. The highest BCUT2D eigenvalue weighted by molar-refractivity contribution is 6.60. The molecular weight excluding hydrogens is 294 g/mol.